The number of anilines is 6. The number of hydrogen-bond acceptors (Lipinski definition) is 3. The molecule has 0 radical (unpaired) electrons. The fourth-order valence-electron chi connectivity index (χ4n) is 6.94. The summed E-state index contributed by atoms with van der Waals surface area (Å²) in [6.45, 7) is 8.61. The molecule has 0 saturated heterocycles. The maximum Gasteiger partial charge on any atom is 0.162 e. The van der Waals surface area contributed by atoms with E-state index in [-0.39, 0.29) is 0 Å². The highest BCUT2D eigenvalue weighted by Crippen LogP contribution is 2.53. The average Bonchev–Trinajstić information content (AvgIpc) is 3.45. The lowest BCUT2D eigenvalue weighted by atomic mass is 9.97. The van der Waals surface area contributed by atoms with Crippen LogP contribution >= 0.6 is 0 Å². The molecule has 0 saturated carbocycles. The monoisotopic (exact) mass is 608 g/mol. The van der Waals surface area contributed by atoms with Gasteiger partial charge in [0.15, 0.2) is 5.58 Å². The van der Waals surface area contributed by atoms with Crippen molar-refractivity contribution < 1.29 is 4.42 Å². The zero-order valence-corrected chi connectivity index (χ0v) is 27.2. The van der Waals surface area contributed by atoms with Gasteiger partial charge in [-0.2, -0.15) is 0 Å². The van der Waals surface area contributed by atoms with E-state index in [1.165, 1.54) is 22.3 Å². The van der Waals surface area contributed by atoms with E-state index in [1.54, 1.807) is 0 Å². The smallest absolute Gasteiger partial charge is 0.162 e. The Morgan fingerprint density at radius 2 is 0.766 bits per heavy atom. The molecule has 0 aliphatic rings. The fraction of sp³-hybridized carbons (Fsp3) is 0.0909. The molecule has 0 spiro atoms. The predicted octanol–water partition coefficient (Wildman–Crippen LogP) is 12.9. The molecule has 8 aromatic rings. The average molecular weight is 609 g/mol. The van der Waals surface area contributed by atoms with Crippen molar-refractivity contribution >= 4 is 66.8 Å². The standard InChI is InChI=1S/C44H36N2O/c1-29-13-9-17-33(25-29)45(34-18-10-14-30(2)26-34)42-37-21-5-6-22-38(37)43(44-41(42)39-23-7-8-24-40(39)47-44)46(35-19-11-15-31(3)27-35)36-20-12-16-32(4)28-36/h5-28H,1-4H3. The topological polar surface area (TPSA) is 19.6 Å². The lowest BCUT2D eigenvalue weighted by molar-refractivity contribution is 0.669. The molecule has 1 heterocycles. The molecular weight excluding hydrogens is 572 g/mol. The minimum atomic E-state index is 0.855. The summed E-state index contributed by atoms with van der Waals surface area (Å²) in [5.74, 6) is 0. The molecule has 0 amide bonds. The van der Waals surface area contributed by atoms with Gasteiger partial charge < -0.3 is 14.2 Å². The van der Waals surface area contributed by atoms with Crippen molar-refractivity contribution in [3.05, 3.63) is 168 Å². The van der Waals surface area contributed by atoms with E-state index in [0.717, 1.165) is 66.8 Å². The number of benzene rings is 7. The highest BCUT2D eigenvalue weighted by atomic mass is 16.3. The van der Waals surface area contributed by atoms with Crippen molar-refractivity contribution in [2.75, 3.05) is 9.80 Å². The number of fused-ring (bicyclic) bond motifs is 4. The second kappa shape index (κ2) is 11.5. The number of hydrogen-bond donors (Lipinski definition) is 0. The third-order valence-electron chi connectivity index (χ3n) is 8.97. The predicted molar refractivity (Wildman–Crippen MR) is 200 cm³/mol. The van der Waals surface area contributed by atoms with Crippen molar-refractivity contribution in [2.45, 2.75) is 27.7 Å². The third-order valence-corrected chi connectivity index (χ3v) is 8.97. The van der Waals surface area contributed by atoms with Crippen molar-refractivity contribution in [3.8, 4) is 0 Å². The summed E-state index contributed by atoms with van der Waals surface area (Å²) in [7, 11) is 0. The molecule has 8 rings (SSSR count). The molecule has 0 atom stereocenters. The van der Waals surface area contributed by atoms with E-state index in [9.17, 15) is 0 Å². The zero-order valence-electron chi connectivity index (χ0n) is 27.2. The van der Waals surface area contributed by atoms with Gasteiger partial charge in [0.05, 0.1) is 16.8 Å². The van der Waals surface area contributed by atoms with Crippen molar-refractivity contribution in [1.29, 1.82) is 0 Å². The van der Waals surface area contributed by atoms with E-state index < -0.39 is 0 Å². The molecule has 0 aliphatic heterocycles. The normalized spacial score (nSPS) is 11.4. The molecule has 47 heavy (non-hydrogen) atoms. The summed E-state index contributed by atoms with van der Waals surface area (Å²) >= 11 is 0. The van der Waals surface area contributed by atoms with Crippen LogP contribution in [0.3, 0.4) is 0 Å². The van der Waals surface area contributed by atoms with Gasteiger partial charge >= 0.3 is 0 Å². The van der Waals surface area contributed by atoms with E-state index in [4.69, 9.17) is 4.42 Å². The quantitative estimate of drug-likeness (QED) is 0.175. The van der Waals surface area contributed by atoms with Crippen LogP contribution in [0.25, 0.3) is 32.7 Å². The molecule has 0 aliphatic carbocycles. The molecule has 228 valence electrons. The van der Waals surface area contributed by atoms with Gasteiger partial charge in [-0.3, -0.25) is 0 Å². The molecule has 1 aromatic heterocycles. The number of furan rings is 1. The van der Waals surface area contributed by atoms with Gasteiger partial charge in [-0.15, -0.1) is 0 Å². The Morgan fingerprint density at radius 3 is 1.21 bits per heavy atom. The molecule has 7 aromatic carbocycles. The number of rotatable bonds is 6. The Morgan fingerprint density at radius 1 is 0.383 bits per heavy atom. The van der Waals surface area contributed by atoms with Gasteiger partial charge in [-0.05, 0) is 105 Å². The SMILES string of the molecule is Cc1cccc(N(c2cccc(C)c2)c2c3ccccc3c(N(c3cccc(C)c3)c3cccc(C)c3)c3c2oc2ccccc23)c1. The zero-order chi connectivity index (χ0) is 32.1. The molecule has 3 heteroatoms. The van der Waals surface area contributed by atoms with Crippen molar-refractivity contribution in [2.24, 2.45) is 0 Å². The van der Waals surface area contributed by atoms with Crippen LogP contribution in [0.4, 0.5) is 34.1 Å². The van der Waals surface area contributed by atoms with Crippen LogP contribution in [0.1, 0.15) is 22.3 Å². The van der Waals surface area contributed by atoms with Gasteiger partial charge in [-0.25, -0.2) is 0 Å². The highest BCUT2D eigenvalue weighted by molar-refractivity contribution is 6.28. The van der Waals surface area contributed by atoms with Crippen molar-refractivity contribution in [3.63, 3.8) is 0 Å². The Labute approximate surface area is 275 Å². The fourth-order valence-corrected chi connectivity index (χ4v) is 6.94. The Bertz CT molecular complexity index is 2340. The van der Waals surface area contributed by atoms with Gasteiger partial charge in [0, 0.05) is 38.9 Å². The van der Waals surface area contributed by atoms with Crippen LogP contribution in [0.5, 0.6) is 0 Å². The summed E-state index contributed by atoms with van der Waals surface area (Å²) in [4.78, 5) is 4.79. The largest absolute Gasteiger partial charge is 0.454 e. The lowest BCUT2D eigenvalue weighted by Crippen LogP contribution is -2.14. The van der Waals surface area contributed by atoms with E-state index in [1.807, 2.05) is 0 Å². The molecule has 0 N–H and O–H groups in total. The highest BCUT2D eigenvalue weighted by Gasteiger charge is 2.29. The molecule has 3 nitrogen and oxygen atoms in total. The van der Waals surface area contributed by atoms with Gasteiger partial charge in [0.2, 0.25) is 0 Å². The second-order valence-electron chi connectivity index (χ2n) is 12.6. The number of para-hydroxylation sites is 1. The van der Waals surface area contributed by atoms with Crippen LogP contribution < -0.4 is 9.80 Å². The van der Waals surface area contributed by atoms with Crippen LogP contribution in [-0.2, 0) is 0 Å². The number of nitrogens with zero attached hydrogens (tertiary/aromatic N) is 2. The summed E-state index contributed by atoms with van der Waals surface area (Å²) < 4.78 is 7.02. The Balaban J connectivity index is 1.58. The van der Waals surface area contributed by atoms with E-state index in [2.05, 4.69) is 183 Å². The first kappa shape index (κ1) is 28.7. The van der Waals surface area contributed by atoms with Crippen LogP contribution in [0.15, 0.2) is 150 Å². The molecule has 0 bridgehead atoms. The van der Waals surface area contributed by atoms with Crippen molar-refractivity contribution in [1.82, 2.24) is 0 Å². The molecule has 0 unspecified atom stereocenters. The Kier molecular flexibility index (Phi) is 7.03. The maximum absolute atomic E-state index is 7.02. The third kappa shape index (κ3) is 5.01. The van der Waals surface area contributed by atoms with E-state index >= 15 is 0 Å². The van der Waals surface area contributed by atoms with Gasteiger partial charge in [-0.1, -0.05) is 91.0 Å². The van der Waals surface area contributed by atoms with Gasteiger partial charge in [0.25, 0.3) is 0 Å². The van der Waals surface area contributed by atoms with Crippen LogP contribution in [0.2, 0.25) is 0 Å². The second-order valence-corrected chi connectivity index (χ2v) is 12.6. The summed E-state index contributed by atoms with van der Waals surface area (Å²) in [6, 6.07) is 52.3. The lowest BCUT2D eigenvalue weighted by Gasteiger charge is -2.31. The minimum absolute atomic E-state index is 0.855. The maximum atomic E-state index is 7.02. The number of aryl methyl sites for hydroxylation is 4. The minimum Gasteiger partial charge on any atom is -0.454 e. The first-order valence-electron chi connectivity index (χ1n) is 16.2. The molecule has 0 fully saturated rings. The first-order valence-corrected chi connectivity index (χ1v) is 16.2. The summed E-state index contributed by atoms with van der Waals surface area (Å²) in [6.07, 6.45) is 0. The summed E-state index contributed by atoms with van der Waals surface area (Å²) in [5, 5.41) is 4.43. The van der Waals surface area contributed by atoms with Crippen LogP contribution in [-0.4, -0.2) is 0 Å². The van der Waals surface area contributed by atoms with E-state index in [0.29, 0.717) is 0 Å². The summed E-state index contributed by atoms with van der Waals surface area (Å²) in [5.41, 5.74) is 13.1. The van der Waals surface area contributed by atoms with Gasteiger partial charge in [0.1, 0.15) is 5.58 Å². The Hall–Kier alpha value is -5.80. The van der Waals surface area contributed by atoms with Crippen LogP contribution in [0, 0.1) is 27.7 Å². The molecular formula is C44H36N2O. The first-order chi connectivity index (χ1) is 23.0.